The number of terminal acetylenes is 1. The van der Waals surface area contributed by atoms with Gasteiger partial charge in [-0.05, 0) is 12.8 Å². The molecule has 0 aliphatic heterocycles. The molecule has 1 aliphatic rings. The first-order chi connectivity index (χ1) is 6.74. The van der Waals surface area contributed by atoms with Crippen molar-refractivity contribution in [1.29, 1.82) is 0 Å². The summed E-state index contributed by atoms with van der Waals surface area (Å²) in [5.74, 6) is 3.93. The van der Waals surface area contributed by atoms with Gasteiger partial charge in [0.2, 0.25) is 5.89 Å². The molecular formula is C10H13N3O. The molecule has 0 radical (unpaired) electrons. The minimum atomic E-state index is 0.174. The van der Waals surface area contributed by atoms with Gasteiger partial charge in [0, 0.05) is 5.41 Å². The van der Waals surface area contributed by atoms with Gasteiger partial charge in [0.25, 0.3) is 0 Å². The molecule has 1 heterocycles. The summed E-state index contributed by atoms with van der Waals surface area (Å²) in [5, 5.41) is 6.96. The van der Waals surface area contributed by atoms with Gasteiger partial charge in [-0.15, -0.1) is 6.42 Å². The SMILES string of the molecule is C#CCNCc1nc(C2(C)CC2)no1. The average Bonchev–Trinajstić information content (AvgIpc) is 2.76. The standard InChI is InChI=1S/C10H13N3O/c1-3-6-11-7-8-12-9(13-14-8)10(2)4-5-10/h1,11H,4-7H2,2H3. The van der Waals surface area contributed by atoms with Crippen LogP contribution in [0.25, 0.3) is 0 Å². The molecule has 1 saturated carbocycles. The second-order valence-electron chi connectivity index (χ2n) is 3.88. The molecule has 2 rings (SSSR count). The Morgan fingerprint density at radius 2 is 2.43 bits per heavy atom. The fourth-order valence-corrected chi connectivity index (χ4v) is 1.22. The molecule has 1 N–H and O–H groups in total. The molecule has 0 unspecified atom stereocenters. The van der Waals surface area contributed by atoms with E-state index in [1.807, 2.05) is 0 Å². The van der Waals surface area contributed by atoms with Crippen LogP contribution in [-0.4, -0.2) is 16.7 Å². The lowest BCUT2D eigenvalue weighted by molar-refractivity contribution is 0.362. The molecule has 0 saturated heterocycles. The lowest BCUT2D eigenvalue weighted by Gasteiger charge is -1.97. The number of hydrogen-bond donors (Lipinski definition) is 1. The molecule has 1 aliphatic carbocycles. The van der Waals surface area contributed by atoms with Crippen molar-refractivity contribution in [2.45, 2.75) is 31.7 Å². The molecule has 0 atom stereocenters. The maximum absolute atomic E-state index is 5.10. The predicted molar refractivity (Wildman–Crippen MR) is 51.4 cm³/mol. The zero-order valence-electron chi connectivity index (χ0n) is 8.21. The summed E-state index contributed by atoms with van der Waals surface area (Å²) in [6.45, 7) is 3.22. The van der Waals surface area contributed by atoms with Gasteiger partial charge in [-0.25, -0.2) is 0 Å². The second-order valence-corrected chi connectivity index (χ2v) is 3.88. The number of hydrogen-bond acceptors (Lipinski definition) is 4. The number of rotatable bonds is 4. The van der Waals surface area contributed by atoms with Gasteiger partial charge in [0.1, 0.15) is 0 Å². The Kier molecular flexibility index (Phi) is 2.26. The third kappa shape index (κ3) is 1.78. The normalized spacial score (nSPS) is 17.7. The molecule has 0 amide bonds. The summed E-state index contributed by atoms with van der Waals surface area (Å²) in [5.41, 5.74) is 0.174. The van der Waals surface area contributed by atoms with E-state index in [9.17, 15) is 0 Å². The first-order valence-corrected chi connectivity index (χ1v) is 4.72. The van der Waals surface area contributed by atoms with E-state index < -0.39 is 0 Å². The van der Waals surface area contributed by atoms with Crippen LogP contribution in [0.2, 0.25) is 0 Å². The molecule has 1 fully saturated rings. The Labute approximate surface area is 83.1 Å². The smallest absolute Gasteiger partial charge is 0.240 e. The summed E-state index contributed by atoms with van der Waals surface area (Å²) >= 11 is 0. The van der Waals surface area contributed by atoms with Crippen molar-refractivity contribution in [2.24, 2.45) is 0 Å². The van der Waals surface area contributed by atoms with E-state index in [4.69, 9.17) is 10.9 Å². The van der Waals surface area contributed by atoms with E-state index in [-0.39, 0.29) is 5.41 Å². The van der Waals surface area contributed by atoms with Crippen LogP contribution in [0.5, 0.6) is 0 Å². The quantitative estimate of drug-likeness (QED) is 0.566. The van der Waals surface area contributed by atoms with Crippen LogP contribution in [0.15, 0.2) is 4.52 Å². The summed E-state index contributed by atoms with van der Waals surface area (Å²) < 4.78 is 5.09. The largest absolute Gasteiger partial charge is 0.338 e. The van der Waals surface area contributed by atoms with Gasteiger partial charge in [0.05, 0.1) is 13.1 Å². The van der Waals surface area contributed by atoms with Crippen molar-refractivity contribution in [3.8, 4) is 12.3 Å². The van der Waals surface area contributed by atoms with Gasteiger partial charge >= 0.3 is 0 Å². The third-order valence-electron chi connectivity index (χ3n) is 2.51. The van der Waals surface area contributed by atoms with Crippen LogP contribution in [0.3, 0.4) is 0 Å². The summed E-state index contributed by atoms with van der Waals surface area (Å²) in [6.07, 6.45) is 7.41. The summed E-state index contributed by atoms with van der Waals surface area (Å²) in [6, 6.07) is 0. The topological polar surface area (TPSA) is 51.0 Å². The van der Waals surface area contributed by atoms with Crippen LogP contribution in [0, 0.1) is 12.3 Å². The van der Waals surface area contributed by atoms with Gasteiger partial charge in [0.15, 0.2) is 5.82 Å². The number of nitrogens with zero attached hydrogens (tertiary/aromatic N) is 2. The monoisotopic (exact) mass is 191 g/mol. The van der Waals surface area contributed by atoms with Crippen molar-refractivity contribution in [1.82, 2.24) is 15.5 Å². The Morgan fingerprint density at radius 1 is 1.64 bits per heavy atom. The van der Waals surface area contributed by atoms with Gasteiger partial charge in [-0.3, -0.25) is 5.32 Å². The Balaban J connectivity index is 1.94. The lowest BCUT2D eigenvalue weighted by atomic mass is 10.1. The second kappa shape index (κ2) is 3.43. The van der Waals surface area contributed by atoms with Crippen LogP contribution in [0.4, 0.5) is 0 Å². The number of aromatic nitrogens is 2. The first-order valence-electron chi connectivity index (χ1n) is 4.72. The third-order valence-corrected chi connectivity index (χ3v) is 2.51. The Bertz CT molecular complexity index is 360. The molecule has 4 nitrogen and oxygen atoms in total. The van der Waals surface area contributed by atoms with Crippen LogP contribution >= 0.6 is 0 Å². The maximum atomic E-state index is 5.10. The minimum Gasteiger partial charge on any atom is -0.338 e. The van der Waals surface area contributed by atoms with Gasteiger partial charge in [-0.2, -0.15) is 4.98 Å². The molecule has 0 bridgehead atoms. The van der Waals surface area contributed by atoms with Crippen molar-refractivity contribution in [2.75, 3.05) is 6.54 Å². The fraction of sp³-hybridized carbons (Fsp3) is 0.600. The molecule has 14 heavy (non-hydrogen) atoms. The zero-order valence-corrected chi connectivity index (χ0v) is 8.21. The zero-order chi connectivity index (χ0) is 10.0. The molecular weight excluding hydrogens is 178 g/mol. The highest BCUT2D eigenvalue weighted by molar-refractivity contribution is 5.14. The lowest BCUT2D eigenvalue weighted by Crippen LogP contribution is -2.13. The maximum Gasteiger partial charge on any atom is 0.240 e. The van der Waals surface area contributed by atoms with E-state index in [1.165, 1.54) is 0 Å². The van der Waals surface area contributed by atoms with E-state index in [0.29, 0.717) is 19.0 Å². The summed E-state index contributed by atoms with van der Waals surface area (Å²) in [7, 11) is 0. The van der Waals surface area contributed by atoms with E-state index in [1.54, 1.807) is 0 Å². The van der Waals surface area contributed by atoms with Gasteiger partial charge < -0.3 is 4.52 Å². The molecule has 0 aromatic carbocycles. The predicted octanol–water partition coefficient (Wildman–Crippen LogP) is 0.844. The Morgan fingerprint density at radius 3 is 3.07 bits per heavy atom. The number of nitrogens with one attached hydrogen (secondary N) is 1. The van der Waals surface area contributed by atoms with Crippen molar-refractivity contribution < 1.29 is 4.52 Å². The van der Waals surface area contributed by atoms with E-state index in [0.717, 1.165) is 18.7 Å². The fourth-order valence-electron chi connectivity index (χ4n) is 1.22. The molecule has 4 heteroatoms. The van der Waals surface area contributed by atoms with Crippen LogP contribution < -0.4 is 5.32 Å². The van der Waals surface area contributed by atoms with Crippen molar-refractivity contribution in [3.63, 3.8) is 0 Å². The van der Waals surface area contributed by atoms with Crippen LogP contribution in [0.1, 0.15) is 31.5 Å². The van der Waals surface area contributed by atoms with Gasteiger partial charge in [-0.1, -0.05) is 18.0 Å². The van der Waals surface area contributed by atoms with Crippen molar-refractivity contribution >= 4 is 0 Å². The molecule has 1 aromatic heterocycles. The van der Waals surface area contributed by atoms with E-state index in [2.05, 4.69) is 28.3 Å². The summed E-state index contributed by atoms with van der Waals surface area (Å²) in [4.78, 5) is 4.31. The highest BCUT2D eigenvalue weighted by Crippen LogP contribution is 2.45. The first kappa shape index (κ1) is 9.22. The Hall–Kier alpha value is -1.34. The highest BCUT2D eigenvalue weighted by Gasteiger charge is 2.43. The van der Waals surface area contributed by atoms with E-state index >= 15 is 0 Å². The molecule has 74 valence electrons. The highest BCUT2D eigenvalue weighted by atomic mass is 16.5. The average molecular weight is 191 g/mol. The van der Waals surface area contributed by atoms with Crippen LogP contribution in [-0.2, 0) is 12.0 Å². The molecule has 0 spiro atoms. The minimum absolute atomic E-state index is 0.174. The molecule has 1 aromatic rings. The van der Waals surface area contributed by atoms with Crippen molar-refractivity contribution in [3.05, 3.63) is 11.7 Å².